The number of benzene rings is 1. The summed E-state index contributed by atoms with van der Waals surface area (Å²) in [5.41, 5.74) is -2.50. The van der Waals surface area contributed by atoms with Gasteiger partial charge in [0.2, 0.25) is 5.60 Å². The molecule has 0 amide bonds. The lowest BCUT2D eigenvalue weighted by Gasteiger charge is -2.15. The number of rotatable bonds is 3. The molecule has 2 rings (SSSR count). The van der Waals surface area contributed by atoms with Crippen LogP contribution in [-0.2, 0) is 26.0 Å². The molecule has 1 saturated heterocycles. The van der Waals surface area contributed by atoms with Crippen molar-refractivity contribution in [1.29, 1.82) is 0 Å². The molecule has 1 heterocycles. The molecule has 110 valence electrons. The van der Waals surface area contributed by atoms with Gasteiger partial charge < -0.3 is 9.47 Å². The van der Waals surface area contributed by atoms with E-state index < -0.39 is 28.9 Å². The van der Waals surface area contributed by atoms with Gasteiger partial charge in [-0.05, 0) is 38.5 Å². The number of carbonyl (C=O) groups is 1. The average Bonchev–Trinajstić information content (AvgIpc) is 2.93. The Labute approximate surface area is 114 Å². The molecule has 1 aromatic carbocycles. The molecule has 1 aliphatic heterocycles. The van der Waals surface area contributed by atoms with E-state index in [1.165, 1.54) is 12.1 Å². The fourth-order valence-corrected chi connectivity index (χ4v) is 2.30. The first kappa shape index (κ1) is 14.8. The summed E-state index contributed by atoms with van der Waals surface area (Å²) in [5, 5.41) is 0. The van der Waals surface area contributed by atoms with E-state index in [0.29, 0.717) is 5.56 Å². The van der Waals surface area contributed by atoms with Crippen molar-refractivity contribution in [3.05, 3.63) is 35.4 Å². The summed E-state index contributed by atoms with van der Waals surface area (Å²) in [6.07, 6.45) is -4.41. The predicted molar refractivity (Wildman–Crippen MR) is 64.9 cm³/mol. The van der Waals surface area contributed by atoms with Crippen molar-refractivity contribution in [2.45, 2.75) is 38.1 Å². The number of esters is 1. The standard InChI is InChI=1S/C14H15F3O3/c1-4-19-11(18)13(12(2,3)20-13)9-5-7-10(8-6-9)14(15,16)17/h5-8H,4H2,1-3H3. The highest BCUT2D eigenvalue weighted by Crippen LogP contribution is 2.56. The number of epoxide rings is 1. The van der Waals surface area contributed by atoms with Gasteiger partial charge in [-0.15, -0.1) is 0 Å². The number of carbonyl (C=O) groups excluding carboxylic acids is 1. The minimum Gasteiger partial charge on any atom is -0.464 e. The maximum atomic E-state index is 12.5. The molecule has 1 unspecified atom stereocenters. The van der Waals surface area contributed by atoms with Gasteiger partial charge in [-0.3, -0.25) is 0 Å². The van der Waals surface area contributed by atoms with Crippen LogP contribution in [0.5, 0.6) is 0 Å². The van der Waals surface area contributed by atoms with Gasteiger partial charge in [-0.2, -0.15) is 13.2 Å². The van der Waals surface area contributed by atoms with Crippen LogP contribution in [0.15, 0.2) is 24.3 Å². The Bertz CT molecular complexity index is 519. The third-order valence-corrected chi connectivity index (χ3v) is 3.40. The molecule has 6 heteroatoms. The van der Waals surface area contributed by atoms with Crippen molar-refractivity contribution >= 4 is 5.97 Å². The van der Waals surface area contributed by atoms with Crippen LogP contribution in [0.4, 0.5) is 13.2 Å². The minimum absolute atomic E-state index is 0.181. The van der Waals surface area contributed by atoms with Crippen LogP contribution in [0.25, 0.3) is 0 Å². The number of hydrogen-bond donors (Lipinski definition) is 0. The Kier molecular flexibility index (Phi) is 3.32. The molecule has 0 aromatic heterocycles. The largest absolute Gasteiger partial charge is 0.464 e. The second-order valence-corrected chi connectivity index (χ2v) is 5.09. The Morgan fingerprint density at radius 1 is 1.25 bits per heavy atom. The van der Waals surface area contributed by atoms with E-state index in [9.17, 15) is 18.0 Å². The first-order valence-corrected chi connectivity index (χ1v) is 6.20. The van der Waals surface area contributed by atoms with Gasteiger partial charge in [0.05, 0.1) is 12.2 Å². The summed E-state index contributed by atoms with van der Waals surface area (Å²) < 4.78 is 48.1. The molecule has 3 nitrogen and oxygen atoms in total. The van der Waals surface area contributed by atoms with E-state index in [0.717, 1.165) is 12.1 Å². The van der Waals surface area contributed by atoms with Crippen molar-refractivity contribution in [1.82, 2.24) is 0 Å². The van der Waals surface area contributed by atoms with E-state index in [1.54, 1.807) is 20.8 Å². The lowest BCUT2D eigenvalue weighted by Crippen LogP contribution is -2.31. The Morgan fingerprint density at radius 2 is 1.75 bits per heavy atom. The third kappa shape index (κ3) is 2.18. The van der Waals surface area contributed by atoms with Crippen LogP contribution in [0.3, 0.4) is 0 Å². The molecule has 0 bridgehead atoms. The quantitative estimate of drug-likeness (QED) is 0.633. The van der Waals surface area contributed by atoms with Crippen molar-refractivity contribution in [3.8, 4) is 0 Å². The number of ether oxygens (including phenoxy) is 2. The summed E-state index contributed by atoms with van der Waals surface area (Å²) in [5.74, 6) is -0.579. The number of halogens is 3. The van der Waals surface area contributed by atoms with E-state index in [-0.39, 0.29) is 6.61 Å². The highest BCUT2D eigenvalue weighted by atomic mass is 19.4. The zero-order valence-corrected chi connectivity index (χ0v) is 11.4. The van der Waals surface area contributed by atoms with Gasteiger partial charge in [0, 0.05) is 0 Å². The topological polar surface area (TPSA) is 38.8 Å². The minimum atomic E-state index is -4.41. The highest BCUT2D eigenvalue weighted by Gasteiger charge is 2.71. The van der Waals surface area contributed by atoms with Gasteiger partial charge >= 0.3 is 12.1 Å². The van der Waals surface area contributed by atoms with Crippen LogP contribution in [0.2, 0.25) is 0 Å². The van der Waals surface area contributed by atoms with E-state index >= 15 is 0 Å². The molecule has 0 aliphatic carbocycles. The van der Waals surface area contributed by atoms with E-state index in [1.807, 2.05) is 0 Å². The molecule has 0 N–H and O–H groups in total. The molecule has 1 aliphatic rings. The van der Waals surface area contributed by atoms with Crippen LogP contribution in [0, 0.1) is 0 Å². The third-order valence-electron chi connectivity index (χ3n) is 3.40. The normalized spacial score (nSPS) is 24.3. The first-order valence-electron chi connectivity index (χ1n) is 6.20. The summed E-state index contributed by atoms with van der Waals surface area (Å²) in [6, 6.07) is 4.39. The molecule has 20 heavy (non-hydrogen) atoms. The lowest BCUT2D eigenvalue weighted by molar-refractivity contribution is -0.150. The van der Waals surface area contributed by atoms with E-state index in [4.69, 9.17) is 9.47 Å². The van der Waals surface area contributed by atoms with Gasteiger partial charge in [0.25, 0.3) is 0 Å². The zero-order chi connectivity index (χ0) is 15.2. The molecule has 0 spiro atoms. The maximum absolute atomic E-state index is 12.5. The molecule has 1 fully saturated rings. The Balaban J connectivity index is 2.36. The van der Waals surface area contributed by atoms with Crippen LogP contribution < -0.4 is 0 Å². The van der Waals surface area contributed by atoms with Gasteiger partial charge in [0.15, 0.2) is 0 Å². The van der Waals surface area contributed by atoms with Crippen LogP contribution in [-0.4, -0.2) is 18.2 Å². The van der Waals surface area contributed by atoms with Crippen LogP contribution in [0.1, 0.15) is 31.9 Å². The van der Waals surface area contributed by atoms with Gasteiger partial charge in [-0.25, -0.2) is 4.79 Å². The van der Waals surface area contributed by atoms with Crippen molar-refractivity contribution in [3.63, 3.8) is 0 Å². The van der Waals surface area contributed by atoms with E-state index in [2.05, 4.69) is 0 Å². The molecule has 0 radical (unpaired) electrons. The molecular formula is C14H15F3O3. The van der Waals surface area contributed by atoms with Gasteiger partial charge in [0.1, 0.15) is 5.60 Å². The number of hydrogen-bond acceptors (Lipinski definition) is 3. The van der Waals surface area contributed by atoms with Crippen LogP contribution >= 0.6 is 0 Å². The fraction of sp³-hybridized carbons (Fsp3) is 0.500. The van der Waals surface area contributed by atoms with Crippen molar-refractivity contribution < 1.29 is 27.4 Å². The summed E-state index contributed by atoms with van der Waals surface area (Å²) >= 11 is 0. The van der Waals surface area contributed by atoms with Gasteiger partial charge in [-0.1, -0.05) is 12.1 Å². The van der Waals surface area contributed by atoms with Crippen molar-refractivity contribution in [2.24, 2.45) is 0 Å². The average molecular weight is 288 g/mol. The Morgan fingerprint density at radius 3 is 2.10 bits per heavy atom. The summed E-state index contributed by atoms with van der Waals surface area (Å²) in [6.45, 7) is 5.23. The highest BCUT2D eigenvalue weighted by molar-refractivity contribution is 5.86. The maximum Gasteiger partial charge on any atom is 0.416 e. The smallest absolute Gasteiger partial charge is 0.416 e. The predicted octanol–water partition coefficient (Wildman–Crippen LogP) is 3.27. The second kappa shape index (κ2) is 4.48. The molecule has 1 atom stereocenters. The lowest BCUT2D eigenvalue weighted by atomic mass is 9.88. The fourth-order valence-electron chi connectivity index (χ4n) is 2.30. The summed E-state index contributed by atoms with van der Waals surface area (Å²) in [7, 11) is 0. The monoisotopic (exact) mass is 288 g/mol. The SMILES string of the molecule is CCOC(=O)C1(c2ccc(C(F)(F)F)cc2)OC1(C)C. The molecular weight excluding hydrogens is 273 g/mol. The molecule has 1 aromatic rings. The summed E-state index contributed by atoms with van der Waals surface area (Å²) in [4.78, 5) is 12.1. The van der Waals surface area contributed by atoms with Crippen molar-refractivity contribution in [2.75, 3.05) is 6.61 Å². The first-order chi connectivity index (χ1) is 9.15. The Hall–Kier alpha value is -1.56. The second-order valence-electron chi connectivity index (χ2n) is 5.09. The molecule has 0 saturated carbocycles. The zero-order valence-electron chi connectivity index (χ0n) is 11.4. The number of alkyl halides is 3.